The number of carboxylic acids is 3. The van der Waals surface area contributed by atoms with Crippen LogP contribution in [0.4, 0.5) is 39.5 Å². The summed E-state index contributed by atoms with van der Waals surface area (Å²) in [7, 11) is 4.31. The lowest BCUT2D eigenvalue weighted by Crippen LogP contribution is -2.31. The van der Waals surface area contributed by atoms with Gasteiger partial charge < -0.3 is 30.4 Å². The predicted molar refractivity (Wildman–Crippen MR) is 162 cm³/mol. The molecule has 10 nitrogen and oxygen atoms in total. The first-order chi connectivity index (χ1) is 22.9. The third kappa shape index (κ3) is 21.0. The standard InChI is InChI=1S/C25H35N3O.3C2HF3O2/c1-27(17-18-28(2)20-21-7-4-3-5-8-21)16-6-9-25(29)24-11-10-22-12-14-26-15-13-23(22)19-24;3*3-2(4,5)1(6)7/h3-5,7-8,10-11,19,26H,6,9,12-18,20H2,1-2H3;3*(H,6,7). The molecule has 0 atom stereocenters. The highest BCUT2D eigenvalue weighted by atomic mass is 19.4. The van der Waals surface area contributed by atoms with Gasteiger partial charge in [-0.25, -0.2) is 14.4 Å². The molecule has 2 aromatic rings. The number of nitrogens with zero attached hydrogens (tertiary/aromatic N) is 2. The summed E-state index contributed by atoms with van der Waals surface area (Å²) < 4.78 is 95.2. The first kappa shape index (κ1) is 45.8. The predicted octanol–water partition coefficient (Wildman–Crippen LogP) is 5.30. The smallest absolute Gasteiger partial charge is 0.475 e. The molecule has 0 aliphatic carbocycles. The van der Waals surface area contributed by atoms with Crippen molar-refractivity contribution in [2.45, 2.75) is 50.8 Å². The maximum Gasteiger partial charge on any atom is 0.490 e. The Hall–Kier alpha value is -4.23. The zero-order chi connectivity index (χ0) is 38.7. The fourth-order valence-corrected chi connectivity index (χ4v) is 3.93. The average Bonchev–Trinajstić information content (AvgIpc) is 3.25. The van der Waals surface area contributed by atoms with Crippen LogP contribution in [0.3, 0.4) is 0 Å². The van der Waals surface area contributed by atoms with Crippen molar-refractivity contribution in [3.05, 3.63) is 70.8 Å². The van der Waals surface area contributed by atoms with Crippen molar-refractivity contribution in [3.8, 4) is 0 Å². The van der Waals surface area contributed by atoms with Crippen molar-refractivity contribution < 1.29 is 74.0 Å². The van der Waals surface area contributed by atoms with Crippen molar-refractivity contribution >= 4 is 23.7 Å². The van der Waals surface area contributed by atoms with Crippen LogP contribution in [0.2, 0.25) is 0 Å². The summed E-state index contributed by atoms with van der Waals surface area (Å²) in [4.78, 5) is 44.0. The Bertz CT molecular complexity index is 1300. The number of rotatable bonds is 10. The Morgan fingerprint density at radius 3 is 1.56 bits per heavy atom. The van der Waals surface area contributed by atoms with Crippen LogP contribution < -0.4 is 5.32 Å². The lowest BCUT2D eigenvalue weighted by molar-refractivity contribution is -0.193. The number of halogens is 9. The first-order valence-electron chi connectivity index (χ1n) is 14.6. The van der Waals surface area contributed by atoms with Crippen molar-refractivity contribution in [1.82, 2.24) is 15.1 Å². The van der Waals surface area contributed by atoms with Crippen LogP contribution in [-0.2, 0) is 33.8 Å². The zero-order valence-electron chi connectivity index (χ0n) is 27.0. The van der Waals surface area contributed by atoms with Gasteiger partial charge in [0.15, 0.2) is 5.78 Å². The van der Waals surface area contributed by atoms with Gasteiger partial charge >= 0.3 is 36.4 Å². The number of carbonyl (C=O) groups excluding carboxylic acids is 1. The molecule has 50 heavy (non-hydrogen) atoms. The van der Waals surface area contributed by atoms with E-state index in [0.717, 1.165) is 64.1 Å². The molecule has 0 bridgehead atoms. The van der Waals surface area contributed by atoms with Gasteiger partial charge in [0.2, 0.25) is 0 Å². The van der Waals surface area contributed by atoms with Crippen molar-refractivity contribution in [2.24, 2.45) is 0 Å². The molecule has 0 radical (unpaired) electrons. The molecule has 0 saturated carbocycles. The summed E-state index contributed by atoms with van der Waals surface area (Å²) in [5, 5.41) is 24.8. The van der Waals surface area contributed by atoms with E-state index in [4.69, 9.17) is 29.7 Å². The summed E-state index contributed by atoms with van der Waals surface area (Å²) >= 11 is 0. The van der Waals surface area contributed by atoms with Gasteiger partial charge in [0.05, 0.1) is 0 Å². The summed E-state index contributed by atoms with van der Waals surface area (Å²) in [5.74, 6) is -7.99. The molecule has 2 aromatic carbocycles. The molecule has 0 amide bonds. The Labute approximate surface area is 281 Å². The molecule has 3 rings (SSSR count). The minimum absolute atomic E-state index is 0.277. The number of aliphatic carboxylic acids is 3. The van der Waals surface area contributed by atoms with Crippen molar-refractivity contribution in [1.29, 1.82) is 0 Å². The number of Topliss-reactive ketones (excluding diaryl/α,β-unsaturated/α-hetero) is 1. The number of hydrogen-bond acceptors (Lipinski definition) is 7. The molecule has 19 heteroatoms. The van der Waals surface area contributed by atoms with E-state index >= 15 is 0 Å². The number of alkyl halides is 9. The number of likely N-dealkylation sites (N-methyl/N-ethyl adjacent to an activating group) is 2. The van der Waals surface area contributed by atoms with E-state index in [-0.39, 0.29) is 5.78 Å². The van der Waals surface area contributed by atoms with Crippen LogP contribution in [0.5, 0.6) is 0 Å². The average molecular weight is 736 g/mol. The second-order valence-electron chi connectivity index (χ2n) is 10.7. The van der Waals surface area contributed by atoms with Crippen LogP contribution in [0.15, 0.2) is 48.5 Å². The number of ketones is 1. The number of nitrogens with one attached hydrogen (secondary N) is 1. The summed E-state index contributed by atoms with van der Waals surface area (Å²) in [6, 6.07) is 16.9. The molecule has 1 aliphatic rings. The topological polar surface area (TPSA) is 147 Å². The van der Waals surface area contributed by atoms with Gasteiger partial charge in [0, 0.05) is 31.6 Å². The lowest BCUT2D eigenvalue weighted by atomic mass is 9.97. The quantitative estimate of drug-likeness (QED) is 0.187. The Morgan fingerprint density at radius 2 is 1.10 bits per heavy atom. The Morgan fingerprint density at radius 1 is 0.660 bits per heavy atom. The SMILES string of the molecule is CN(CCCC(=O)c1ccc2c(c1)CCNCC2)CCN(C)Cc1ccccc1.O=C(O)C(F)(F)F.O=C(O)C(F)(F)F.O=C(O)C(F)(F)F. The number of benzene rings is 2. The van der Waals surface area contributed by atoms with E-state index in [0.29, 0.717) is 6.42 Å². The van der Waals surface area contributed by atoms with Crippen LogP contribution in [0.1, 0.15) is 39.9 Å². The first-order valence-corrected chi connectivity index (χ1v) is 14.6. The summed E-state index contributed by atoms with van der Waals surface area (Å²) in [6.45, 7) is 6.02. The van der Waals surface area contributed by atoms with Gasteiger partial charge in [-0.15, -0.1) is 0 Å². The lowest BCUT2D eigenvalue weighted by Gasteiger charge is -2.22. The molecule has 1 aliphatic heterocycles. The number of fused-ring (bicyclic) bond motifs is 1. The van der Waals surface area contributed by atoms with E-state index in [2.05, 4.69) is 71.7 Å². The highest BCUT2D eigenvalue weighted by Crippen LogP contribution is 2.18. The maximum absolute atomic E-state index is 12.6. The normalized spacial score (nSPS) is 12.9. The third-order valence-electron chi connectivity index (χ3n) is 6.50. The van der Waals surface area contributed by atoms with Crippen LogP contribution in [-0.4, -0.2) is 114 Å². The van der Waals surface area contributed by atoms with E-state index in [1.165, 1.54) is 16.7 Å². The third-order valence-corrected chi connectivity index (χ3v) is 6.50. The largest absolute Gasteiger partial charge is 0.490 e. The minimum atomic E-state index is -5.08. The van der Waals surface area contributed by atoms with Crippen molar-refractivity contribution in [3.63, 3.8) is 0 Å². The summed E-state index contributed by atoms with van der Waals surface area (Å²) in [5.41, 5.74) is 4.97. The zero-order valence-corrected chi connectivity index (χ0v) is 27.0. The fraction of sp³-hybridized carbons (Fsp3) is 0.484. The van der Waals surface area contributed by atoms with Crippen molar-refractivity contribution in [2.75, 3.05) is 46.8 Å². The molecule has 282 valence electrons. The molecule has 0 spiro atoms. The molecule has 0 saturated heterocycles. The molecular weight excluding hydrogens is 697 g/mol. The van der Waals surface area contributed by atoms with Crippen LogP contribution >= 0.6 is 0 Å². The van der Waals surface area contributed by atoms with E-state index in [1.54, 1.807) is 0 Å². The minimum Gasteiger partial charge on any atom is -0.475 e. The number of carbonyl (C=O) groups is 4. The molecule has 0 unspecified atom stereocenters. The van der Waals surface area contributed by atoms with Gasteiger partial charge in [-0.1, -0.05) is 42.5 Å². The molecule has 1 heterocycles. The van der Waals surface area contributed by atoms with E-state index in [9.17, 15) is 44.3 Å². The highest BCUT2D eigenvalue weighted by Gasteiger charge is 2.39. The monoisotopic (exact) mass is 735 g/mol. The Balaban J connectivity index is 0.000000928. The van der Waals surface area contributed by atoms with Gasteiger partial charge in [-0.3, -0.25) is 4.79 Å². The molecule has 0 fully saturated rings. The second kappa shape index (κ2) is 21.8. The number of carboxylic acid groups (broad SMARTS) is 3. The van der Waals surface area contributed by atoms with Crippen LogP contribution in [0, 0.1) is 0 Å². The van der Waals surface area contributed by atoms with Gasteiger partial charge in [-0.05, 0) is 75.7 Å². The second-order valence-corrected chi connectivity index (χ2v) is 10.7. The van der Waals surface area contributed by atoms with Crippen LogP contribution in [0.25, 0.3) is 0 Å². The van der Waals surface area contributed by atoms with Gasteiger partial charge in [0.25, 0.3) is 0 Å². The summed E-state index contributed by atoms with van der Waals surface area (Å²) in [6.07, 6.45) is -11.6. The van der Waals surface area contributed by atoms with E-state index < -0.39 is 36.4 Å². The number of hydrogen-bond donors (Lipinski definition) is 4. The molecular formula is C31H38F9N3O7. The molecule has 0 aromatic heterocycles. The highest BCUT2D eigenvalue weighted by molar-refractivity contribution is 5.96. The van der Waals surface area contributed by atoms with Gasteiger partial charge in [0.1, 0.15) is 0 Å². The Kier molecular flexibility index (Phi) is 19.9. The maximum atomic E-state index is 12.6. The molecule has 4 N–H and O–H groups in total. The fourth-order valence-electron chi connectivity index (χ4n) is 3.93. The van der Waals surface area contributed by atoms with Gasteiger partial charge in [-0.2, -0.15) is 39.5 Å². The van der Waals surface area contributed by atoms with E-state index in [1.807, 2.05) is 6.07 Å².